The molecule has 0 aliphatic rings. The first-order chi connectivity index (χ1) is 4.81. The van der Waals surface area contributed by atoms with E-state index in [-0.39, 0.29) is 38.5 Å². The van der Waals surface area contributed by atoms with E-state index in [0.717, 1.165) is 12.8 Å². The number of hydrogen-bond donors (Lipinski definition) is 0. The third-order valence-corrected chi connectivity index (χ3v) is 1.15. The van der Waals surface area contributed by atoms with Crippen LogP contribution >= 0.6 is 0 Å². The molecule has 1 radical (unpaired) electrons. The van der Waals surface area contributed by atoms with Gasteiger partial charge in [0.2, 0.25) is 0 Å². The molecule has 2 heteroatoms. The molecule has 0 unspecified atom stereocenters. The molecule has 1 nitrogen and oxygen atoms in total. The van der Waals surface area contributed by atoms with Crippen LogP contribution in [0.4, 0.5) is 0 Å². The van der Waals surface area contributed by atoms with Crippen molar-refractivity contribution >= 4 is 5.78 Å². The fourth-order valence-electron chi connectivity index (χ4n) is 0.563. The first-order valence-electron chi connectivity index (χ1n) is 3.39. The molecular weight excluding hydrogens is 213 g/mol. The fraction of sp³-hybridized carbons (Fsp3) is 0.333. The first-order valence-corrected chi connectivity index (χ1v) is 3.39. The summed E-state index contributed by atoms with van der Waals surface area (Å²) in [7, 11) is 0. The van der Waals surface area contributed by atoms with Crippen molar-refractivity contribution in [1.82, 2.24) is 0 Å². The van der Waals surface area contributed by atoms with Crippen LogP contribution in [0.3, 0.4) is 0 Å². The van der Waals surface area contributed by atoms with Gasteiger partial charge in [-0.15, -0.1) is 13.0 Å². The van der Waals surface area contributed by atoms with Crippen LogP contribution in [0.15, 0.2) is 25.3 Å². The Labute approximate surface area is 93.8 Å². The maximum Gasteiger partial charge on any atom is 0.125 e. The second-order valence-corrected chi connectivity index (χ2v) is 2.03. The molecule has 0 rings (SSSR count). The Morgan fingerprint density at radius 2 is 2.09 bits per heavy atom. The SMILES string of the molecule is C=CCC[CH-]CC(=O)C=C.[Y]. The zero-order valence-corrected chi connectivity index (χ0v) is 9.59. The van der Waals surface area contributed by atoms with Gasteiger partial charge in [-0.05, 0) is 6.08 Å². The Morgan fingerprint density at radius 1 is 1.45 bits per heavy atom. The number of hydrogen-bond acceptors (Lipinski definition) is 1. The molecule has 0 heterocycles. The monoisotopic (exact) mass is 226 g/mol. The Kier molecular flexibility index (Phi) is 12.9. The van der Waals surface area contributed by atoms with Crippen molar-refractivity contribution in [2.45, 2.75) is 19.3 Å². The van der Waals surface area contributed by atoms with Gasteiger partial charge < -0.3 is 6.42 Å². The molecule has 0 fully saturated rings. The maximum absolute atomic E-state index is 10.6. The van der Waals surface area contributed by atoms with Crippen LogP contribution in [0.1, 0.15) is 19.3 Å². The number of unbranched alkanes of at least 4 members (excludes halogenated alkanes) is 2. The van der Waals surface area contributed by atoms with Gasteiger partial charge in [-0.1, -0.05) is 19.1 Å². The summed E-state index contributed by atoms with van der Waals surface area (Å²) in [5, 5.41) is 0. The van der Waals surface area contributed by atoms with E-state index in [1.165, 1.54) is 6.08 Å². The van der Waals surface area contributed by atoms with Crippen LogP contribution in [-0.2, 0) is 37.5 Å². The largest absolute Gasteiger partial charge is 0.321 e. The number of allylic oxidation sites excluding steroid dienone is 2. The molecule has 0 aromatic carbocycles. The molecule has 0 aliphatic carbocycles. The van der Waals surface area contributed by atoms with Crippen molar-refractivity contribution in [3.63, 3.8) is 0 Å². The van der Waals surface area contributed by atoms with E-state index in [0.29, 0.717) is 6.42 Å². The number of carbonyl (C=O) groups excluding carboxylic acids is 1. The average Bonchev–Trinajstić information content (AvgIpc) is 1.98. The molecule has 11 heavy (non-hydrogen) atoms. The minimum Gasteiger partial charge on any atom is -0.321 e. The summed E-state index contributed by atoms with van der Waals surface area (Å²) in [6.45, 7) is 6.94. The molecule has 0 saturated carbocycles. The molecule has 0 aromatic heterocycles. The zero-order valence-electron chi connectivity index (χ0n) is 6.75. The number of carbonyl (C=O) groups is 1. The van der Waals surface area contributed by atoms with Crippen LogP contribution in [0.2, 0.25) is 0 Å². The molecule has 0 bridgehead atoms. The van der Waals surface area contributed by atoms with Crippen LogP contribution in [0.25, 0.3) is 0 Å². The van der Waals surface area contributed by atoms with E-state index in [9.17, 15) is 4.79 Å². The van der Waals surface area contributed by atoms with Crippen molar-refractivity contribution in [2.24, 2.45) is 0 Å². The van der Waals surface area contributed by atoms with Crippen molar-refractivity contribution < 1.29 is 37.5 Å². The summed E-state index contributed by atoms with van der Waals surface area (Å²) in [6, 6.07) is 0. The van der Waals surface area contributed by atoms with E-state index in [2.05, 4.69) is 13.2 Å². The molecule has 0 spiro atoms. The molecule has 0 aromatic rings. The maximum atomic E-state index is 10.6. The van der Waals surface area contributed by atoms with E-state index in [1.807, 2.05) is 12.5 Å². The van der Waals surface area contributed by atoms with Gasteiger partial charge in [-0.2, -0.15) is 6.42 Å². The molecule has 0 N–H and O–H groups in total. The summed E-state index contributed by atoms with van der Waals surface area (Å²) < 4.78 is 0. The number of rotatable bonds is 6. The topological polar surface area (TPSA) is 17.1 Å². The van der Waals surface area contributed by atoms with Crippen LogP contribution in [-0.4, -0.2) is 5.78 Å². The predicted molar refractivity (Wildman–Crippen MR) is 43.6 cm³/mol. The molecule has 59 valence electrons. The molecular formula is C9H13OY-. The Morgan fingerprint density at radius 3 is 2.55 bits per heavy atom. The Bertz CT molecular complexity index is 130. The normalized spacial score (nSPS) is 8.00. The van der Waals surface area contributed by atoms with E-state index >= 15 is 0 Å². The van der Waals surface area contributed by atoms with E-state index in [1.54, 1.807) is 0 Å². The summed E-state index contributed by atoms with van der Waals surface area (Å²) >= 11 is 0. The molecule has 0 aliphatic heterocycles. The fourth-order valence-corrected chi connectivity index (χ4v) is 0.563. The van der Waals surface area contributed by atoms with E-state index < -0.39 is 0 Å². The van der Waals surface area contributed by atoms with Gasteiger partial charge in [0, 0.05) is 32.7 Å². The first kappa shape index (κ1) is 13.8. The molecule has 0 saturated heterocycles. The van der Waals surface area contributed by atoms with E-state index in [4.69, 9.17) is 0 Å². The van der Waals surface area contributed by atoms with Gasteiger partial charge >= 0.3 is 0 Å². The van der Waals surface area contributed by atoms with Gasteiger partial charge in [0.25, 0.3) is 0 Å². The molecule has 0 amide bonds. The smallest absolute Gasteiger partial charge is 0.125 e. The summed E-state index contributed by atoms with van der Waals surface area (Å²) in [4.78, 5) is 10.6. The van der Waals surface area contributed by atoms with Crippen molar-refractivity contribution in [3.8, 4) is 0 Å². The predicted octanol–water partition coefficient (Wildman–Crippen LogP) is 2.30. The zero-order chi connectivity index (χ0) is 7.82. The van der Waals surface area contributed by atoms with Gasteiger partial charge in [0.15, 0.2) is 0 Å². The summed E-state index contributed by atoms with van der Waals surface area (Å²) in [5.74, 6) is 0.0871. The van der Waals surface area contributed by atoms with Gasteiger partial charge in [0.05, 0.1) is 0 Å². The van der Waals surface area contributed by atoms with Crippen LogP contribution < -0.4 is 0 Å². The minimum atomic E-state index is 0. The number of ketones is 1. The standard InChI is InChI=1S/C9H13O.Y/c1-3-5-6-7-8-9(10)4-2;/h3-4,7H,1-2,5-6,8H2;/q-1;. The van der Waals surface area contributed by atoms with Gasteiger partial charge in [0.1, 0.15) is 5.78 Å². The summed E-state index contributed by atoms with van der Waals surface area (Å²) in [5.41, 5.74) is 0. The Hall–Kier alpha value is 0.254. The third kappa shape index (κ3) is 10.3. The third-order valence-electron chi connectivity index (χ3n) is 1.15. The van der Waals surface area contributed by atoms with Crippen molar-refractivity contribution in [1.29, 1.82) is 0 Å². The van der Waals surface area contributed by atoms with Crippen LogP contribution in [0, 0.1) is 6.42 Å². The van der Waals surface area contributed by atoms with Gasteiger partial charge in [-0.25, -0.2) is 0 Å². The van der Waals surface area contributed by atoms with Crippen molar-refractivity contribution in [3.05, 3.63) is 31.7 Å². The minimum absolute atomic E-state index is 0. The Balaban J connectivity index is 0. The van der Waals surface area contributed by atoms with Crippen LogP contribution in [0.5, 0.6) is 0 Å². The summed E-state index contributed by atoms with van der Waals surface area (Å²) in [6.07, 6.45) is 7.54. The second kappa shape index (κ2) is 10.3. The second-order valence-electron chi connectivity index (χ2n) is 2.03. The van der Waals surface area contributed by atoms with Gasteiger partial charge in [-0.3, -0.25) is 4.79 Å². The average molecular weight is 226 g/mol. The molecule has 0 atom stereocenters. The van der Waals surface area contributed by atoms with Crippen molar-refractivity contribution in [2.75, 3.05) is 0 Å². The quantitative estimate of drug-likeness (QED) is 0.294.